The van der Waals surface area contributed by atoms with Crippen LogP contribution >= 0.6 is 11.6 Å². The molecule has 1 amide bonds. The summed E-state index contributed by atoms with van der Waals surface area (Å²) < 4.78 is 24.4. The van der Waals surface area contributed by atoms with Crippen molar-refractivity contribution in [1.82, 2.24) is 14.5 Å². The number of imidazole rings is 1. The summed E-state index contributed by atoms with van der Waals surface area (Å²) in [6.07, 6.45) is 8.30. The lowest BCUT2D eigenvalue weighted by Crippen LogP contribution is -2.47. The Morgan fingerprint density at radius 2 is 1.54 bits per heavy atom. The molecule has 4 aromatic carbocycles. The number of benzene rings is 4. The van der Waals surface area contributed by atoms with Gasteiger partial charge in [-0.25, -0.2) is 14.2 Å². The van der Waals surface area contributed by atoms with Crippen molar-refractivity contribution in [1.29, 1.82) is 0 Å². The fraction of sp³-hybridized carbons (Fsp3) is 0.341. The molecule has 1 N–H and O–H groups in total. The SMILES string of the molecule is CC1CCCC(C)N1C(=O)c1ccc(-c2ccc(Cl)cc2)c(COc2ccc(-c3nc4cc(C(=O)O)ccc4n3C3CCCCC3)c(F)c2)c1. The first-order valence-corrected chi connectivity index (χ1v) is 17.9. The smallest absolute Gasteiger partial charge is 0.335 e. The van der Waals surface area contributed by atoms with Crippen molar-refractivity contribution in [3.8, 4) is 28.3 Å². The van der Waals surface area contributed by atoms with Crippen molar-refractivity contribution in [2.75, 3.05) is 0 Å². The Balaban J connectivity index is 1.20. The fourth-order valence-corrected chi connectivity index (χ4v) is 7.91. The maximum absolute atomic E-state index is 16.1. The molecule has 0 bridgehead atoms. The van der Waals surface area contributed by atoms with Gasteiger partial charge in [0.2, 0.25) is 0 Å². The van der Waals surface area contributed by atoms with E-state index in [4.69, 9.17) is 21.3 Å². The molecule has 7 nitrogen and oxygen atoms in total. The van der Waals surface area contributed by atoms with Gasteiger partial charge in [0.25, 0.3) is 5.91 Å². The molecule has 1 aromatic heterocycles. The Morgan fingerprint density at radius 3 is 2.24 bits per heavy atom. The van der Waals surface area contributed by atoms with Gasteiger partial charge in [-0.15, -0.1) is 0 Å². The van der Waals surface area contributed by atoms with E-state index in [1.54, 1.807) is 30.3 Å². The van der Waals surface area contributed by atoms with Crippen LogP contribution in [0, 0.1) is 5.82 Å². The number of aromatic carboxylic acids is 1. The second kappa shape index (κ2) is 14.3. The standard InChI is InChI=1S/C41H41ClFN3O4/c1-25-7-6-8-26(2)45(25)40(47)28-13-18-34(27-11-15-31(42)16-12-27)30(21-28)24-50-33-17-19-35(36(43)23-33)39-44-37-22-29(41(48)49)14-20-38(37)46(39)32-9-4-3-5-10-32/h11-23,25-26,32H,3-10,24H2,1-2H3,(H,48,49). The monoisotopic (exact) mass is 693 g/mol. The lowest BCUT2D eigenvalue weighted by atomic mass is 9.94. The minimum atomic E-state index is -1.03. The van der Waals surface area contributed by atoms with E-state index in [1.165, 1.54) is 6.07 Å². The average Bonchev–Trinajstić information content (AvgIpc) is 3.50. The third kappa shape index (κ3) is 6.73. The maximum atomic E-state index is 16.1. The number of piperidine rings is 1. The second-order valence-corrected chi connectivity index (χ2v) is 14.2. The van der Waals surface area contributed by atoms with E-state index in [0.717, 1.165) is 73.6 Å². The highest BCUT2D eigenvalue weighted by atomic mass is 35.5. The molecule has 50 heavy (non-hydrogen) atoms. The third-order valence-electron chi connectivity index (χ3n) is 10.4. The lowest BCUT2D eigenvalue weighted by molar-refractivity contribution is 0.0510. The Labute approximate surface area is 296 Å². The van der Waals surface area contributed by atoms with Crippen molar-refractivity contribution in [3.05, 3.63) is 106 Å². The second-order valence-electron chi connectivity index (χ2n) is 13.8. The minimum absolute atomic E-state index is 0.000309. The van der Waals surface area contributed by atoms with Gasteiger partial charge in [-0.05, 0) is 117 Å². The summed E-state index contributed by atoms with van der Waals surface area (Å²) in [5.74, 6) is -0.686. The topological polar surface area (TPSA) is 84.7 Å². The van der Waals surface area contributed by atoms with Crippen molar-refractivity contribution in [3.63, 3.8) is 0 Å². The molecule has 2 aliphatic rings. The zero-order valence-corrected chi connectivity index (χ0v) is 29.1. The number of carboxylic acids is 1. The summed E-state index contributed by atoms with van der Waals surface area (Å²) in [6, 6.07) is 23.4. The molecule has 0 radical (unpaired) electrons. The number of nitrogens with zero attached hydrogens (tertiary/aromatic N) is 3. The third-order valence-corrected chi connectivity index (χ3v) is 10.6. The molecule has 1 saturated heterocycles. The quantitative estimate of drug-likeness (QED) is 0.175. The molecule has 1 aliphatic carbocycles. The molecule has 2 heterocycles. The summed E-state index contributed by atoms with van der Waals surface area (Å²) in [5.41, 5.74) is 5.03. The Hall–Kier alpha value is -4.69. The highest BCUT2D eigenvalue weighted by molar-refractivity contribution is 6.30. The molecule has 258 valence electrons. The molecule has 0 spiro atoms. The van der Waals surface area contributed by atoms with Crippen LogP contribution in [-0.4, -0.2) is 43.5 Å². The van der Waals surface area contributed by atoms with E-state index >= 15 is 4.39 Å². The highest BCUT2D eigenvalue weighted by Crippen LogP contribution is 2.38. The number of hydrogen-bond acceptors (Lipinski definition) is 4. The van der Waals surface area contributed by atoms with Gasteiger partial charge in [0.15, 0.2) is 0 Å². The molecule has 2 unspecified atom stereocenters. The number of carboxylic acid groups (broad SMARTS) is 1. The van der Waals surface area contributed by atoms with Crippen molar-refractivity contribution in [2.45, 2.75) is 89.9 Å². The number of fused-ring (bicyclic) bond motifs is 1. The predicted octanol–water partition coefficient (Wildman–Crippen LogP) is 10.3. The van der Waals surface area contributed by atoms with Gasteiger partial charge in [-0.2, -0.15) is 0 Å². The summed E-state index contributed by atoms with van der Waals surface area (Å²) in [5, 5.41) is 10.2. The number of amides is 1. The number of halogens is 2. The van der Waals surface area contributed by atoms with Crippen LogP contribution < -0.4 is 4.74 Å². The fourth-order valence-electron chi connectivity index (χ4n) is 7.79. The number of carbonyl (C=O) groups excluding carboxylic acids is 1. The maximum Gasteiger partial charge on any atom is 0.335 e. The molecule has 2 atom stereocenters. The first kappa shape index (κ1) is 33.8. The van der Waals surface area contributed by atoms with E-state index < -0.39 is 11.8 Å². The highest BCUT2D eigenvalue weighted by Gasteiger charge is 2.30. The van der Waals surface area contributed by atoms with Crippen LogP contribution in [0.2, 0.25) is 5.02 Å². The van der Waals surface area contributed by atoms with Crippen LogP contribution in [0.5, 0.6) is 5.75 Å². The molecule has 2 fully saturated rings. The average molecular weight is 694 g/mol. The zero-order valence-electron chi connectivity index (χ0n) is 28.4. The molecule has 1 aliphatic heterocycles. The largest absolute Gasteiger partial charge is 0.489 e. The molecular weight excluding hydrogens is 653 g/mol. The van der Waals surface area contributed by atoms with E-state index in [1.807, 2.05) is 47.4 Å². The van der Waals surface area contributed by atoms with Gasteiger partial charge < -0.3 is 19.3 Å². The van der Waals surface area contributed by atoms with E-state index in [9.17, 15) is 14.7 Å². The summed E-state index contributed by atoms with van der Waals surface area (Å²) in [6.45, 7) is 4.33. The molecule has 5 aromatic rings. The molecule has 1 saturated carbocycles. The molecule has 7 rings (SSSR count). The van der Waals surface area contributed by atoms with Crippen LogP contribution in [0.15, 0.2) is 78.9 Å². The van der Waals surface area contributed by atoms with Crippen molar-refractivity contribution >= 4 is 34.5 Å². The number of carbonyl (C=O) groups is 2. The minimum Gasteiger partial charge on any atom is -0.489 e. The Bertz CT molecular complexity index is 2040. The van der Waals surface area contributed by atoms with Crippen LogP contribution in [0.1, 0.15) is 97.5 Å². The van der Waals surface area contributed by atoms with Crippen LogP contribution in [0.4, 0.5) is 4.39 Å². The first-order chi connectivity index (χ1) is 24.2. The number of ether oxygens (including phenoxy) is 1. The Morgan fingerprint density at radius 1 is 0.840 bits per heavy atom. The van der Waals surface area contributed by atoms with Gasteiger partial charge in [0.05, 0.1) is 22.2 Å². The predicted molar refractivity (Wildman–Crippen MR) is 194 cm³/mol. The van der Waals surface area contributed by atoms with Crippen LogP contribution in [-0.2, 0) is 6.61 Å². The van der Waals surface area contributed by atoms with Gasteiger partial charge in [-0.1, -0.05) is 49.1 Å². The number of rotatable bonds is 8. The lowest BCUT2D eigenvalue weighted by Gasteiger charge is -2.39. The van der Waals surface area contributed by atoms with Gasteiger partial charge in [0, 0.05) is 34.8 Å². The Kier molecular flexibility index (Phi) is 9.65. The number of likely N-dealkylation sites (tertiary alicyclic amines) is 1. The van der Waals surface area contributed by atoms with Crippen LogP contribution in [0.3, 0.4) is 0 Å². The van der Waals surface area contributed by atoms with E-state index in [2.05, 4.69) is 18.4 Å². The zero-order chi connectivity index (χ0) is 34.9. The van der Waals surface area contributed by atoms with Gasteiger partial charge in [-0.3, -0.25) is 4.79 Å². The number of hydrogen-bond donors (Lipinski definition) is 1. The molecule has 9 heteroatoms. The normalized spacial score (nSPS) is 18.4. The van der Waals surface area contributed by atoms with Crippen molar-refractivity contribution in [2.24, 2.45) is 0 Å². The number of aromatic nitrogens is 2. The summed E-state index contributed by atoms with van der Waals surface area (Å²) in [4.78, 5) is 32.3. The van der Waals surface area contributed by atoms with E-state index in [0.29, 0.717) is 33.2 Å². The van der Waals surface area contributed by atoms with E-state index in [-0.39, 0.29) is 36.2 Å². The van der Waals surface area contributed by atoms with Gasteiger partial charge in [0.1, 0.15) is 24.0 Å². The van der Waals surface area contributed by atoms with Crippen LogP contribution in [0.25, 0.3) is 33.5 Å². The summed E-state index contributed by atoms with van der Waals surface area (Å²) in [7, 11) is 0. The first-order valence-electron chi connectivity index (χ1n) is 17.6. The van der Waals surface area contributed by atoms with Gasteiger partial charge >= 0.3 is 5.97 Å². The van der Waals surface area contributed by atoms with Crippen molar-refractivity contribution < 1.29 is 23.8 Å². The molecular formula is C41H41ClFN3O4. The summed E-state index contributed by atoms with van der Waals surface area (Å²) >= 11 is 6.19.